The van der Waals surface area contributed by atoms with E-state index < -0.39 is 22.8 Å². The monoisotopic (exact) mass is 319 g/mol. The number of rotatable bonds is 8. The van der Waals surface area contributed by atoms with Crippen LogP contribution in [0.3, 0.4) is 0 Å². The van der Waals surface area contributed by atoms with Crippen molar-refractivity contribution in [1.29, 1.82) is 5.26 Å². The van der Waals surface area contributed by atoms with Crippen molar-refractivity contribution < 1.29 is 19.2 Å². The van der Waals surface area contributed by atoms with Crippen LogP contribution in [0.1, 0.15) is 36.0 Å². The van der Waals surface area contributed by atoms with Gasteiger partial charge < -0.3 is 10.1 Å². The van der Waals surface area contributed by atoms with Crippen molar-refractivity contribution in [2.75, 3.05) is 7.11 Å². The smallest absolute Gasteiger partial charge is 0.328 e. The van der Waals surface area contributed by atoms with Crippen LogP contribution in [0.4, 0.5) is 5.69 Å². The van der Waals surface area contributed by atoms with Gasteiger partial charge in [0, 0.05) is 24.1 Å². The number of nitrogens with zero attached hydrogens (tertiary/aromatic N) is 2. The maximum absolute atomic E-state index is 12.1. The summed E-state index contributed by atoms with van der Waals surface area (Å²) in [7, 11) is 1.21. The molecule has 0 saturated heterocycles. The summed E-state index contributed by atoms with van der Waals surface area (Å²) in [6, 6.07) is 6.38. The highest BCUT2D eigenvalue weighted by molar-refractivity contribution is 5.97. The summed E-state index contributed by atoms with van der Waals surface area (Å²) >= 11 is 0. The fourth-order valence-electron chi connectivity index (χ4n) is 1.95. The predicted molar refractivity (Wildman–Crippen MR) is 80.4 cm³/mol. The molecule has 0 unspecified atom stereocenters. The fraction of sp³-hybridized carbons (Fsp3) is 0.400. The summed E-state index contributed by atoms with van der Waals surface area (Å²) in [5, 5.41) is 21.7. The molecule has 23 heavy (non-hydrogen) atoms. The van der Waals surface area contributed by atoms with Gasteiger partial charge in [0.1, 0.15) is 6.04 Å². The Morgan fingerprint density at radius 1 is 1.43 bits per heavy atom. The molecule has 8 nitrogen and oxygen atoms in total. The number of hydrogen-bond acceptors (Lipinski definition) is 6. The van der Waals surface area contributed by atoms with Gasteiger partial charge in [-0.05, 0) is 25.3 Å². The van der Waals surface area contributed by atoms with E-state index in [-0.39, 0.29) is 11.3 Å². The normalized spacial score (nSPS) is 11.1. The van der Waals surface area contributed by atoms with Crippen LogP contribution in [0.25, 0.3) is 0 Å². The van der Waals surface area contributed by atoms with Gasteiger partial charge in [-0.15, -0.1) is 0 Å². The second-order valence-corrected chi connectivity index (χ2v) is 4.76. The van der Waals surface area contributed by atoms with Crippen molar-refractivity contribution in [1.82, 2.24) is 5.32 Å². The highest BCUT2D eigenvalue weighted by Crippen LogP contribution is 2.14. The molecule has 0 aliphatic heterocycles. The lowest BCUT2D eigenvalue weighted by molar-refractivity contribution is -0.384. The minimum atomic E-state index is -0.856. The molecule has 1 N–H and O–H groups in total. The third kappa shape index (κ3) is 5.74. The Morgan fingerprint density at radius 3 is 2.78 bits per heavy atom. The number of nitro groups is 1. The Hall–Kier alpha value is -2.95. The van der Waals surface area contributed by atoms with Gasteiger partial charge in [0.25, 0.3) is 11.6 Å². The second-order valence-electron chi connectivity index (χ2n) is 4.76. The van der Waals surface area contributed by atoms with Gasteiger partial charge in [-0.2, -0.15) is 5.26 Å². The minimum absolute atomic E-state index is 0.0881. The van der Waals surface area contributed by atoms with Crippen LogP contribution in [-0.4, -0.2) is 30.0 Å². The molecule has 0 saturated carbocycles. The third-order valence-corrected chi connectivity index (χ3v) is 3.14. The van der Waals surface area contributed by atoms with Gasteiger partial charge in [0.05, 0.1) is 18.1 Å². The van der Waals surface area contributed by atoms with E-state index in [0.29, 0.717) is 25.7 Å². The number of nitriles is 1. The van der Waals surface area contributed by atoms with Crippen LogP contribution < -0.4 is 5.32 Å². The van der Waals surface area contributed by atoms with Crippen molar-refractivity contribution >= 4 is 17.6 Å². The zero-order chi connectivity index (χ0) is 17.2. The van der Waals surface area contributed by atoms with E-state index in [9.17, 15) is 19.7 Å². The quantitative estimate of drug-likeness (QED) is 0.338. The van der Waals surface area contributed by atoms with Crippen LogP contribution >= 0.6 is 0 Å². The number of methoxy groups -OCH3 is 1. The van der Waals surface area contributed by atoms with Gasteiger partial charge in [0.2, 0.25) is 0 Å². The van der Waals surface area contributed by atoms with E-state index in [0.717, 1.165) is 6.07 Å². The molecule has 1 rings (SSSR count). The molecule has 122 valence electrons. The van der Waals surface area contributed by atoms with Crippen molar-refractivity contribution in [2.45, 2.75) is 31.7 Å². The molecule has 0 spiro atoms. The number of non-ortho nitro benzene ring substituents is 1. The van der Waals surface area contributed by atoms with E-state index in [1.807, 2.05) is 6.07 Å². The lowest BCUT2D eigenvalue weighted by atomic mass is 10.1. The fourth-order valence-corrected chi connectivity index (χ4v) is 1.95. The van der Waals surface area contributed by atoms with E-state index in [1.165, 1.54) is 25.3 Å². The maximum atomic E-state index is 12.1. The number of benzene rings is 1. The summed E-state index contributed by atoms with van der Waals surface area (Å²) < 4.78 is 4.64. The topological polar surface area (TPSA) is 122 Å². The van der Waals surface area contributed by atoms with Gasteiger partial charge in [0.15, 0.2) is 0 Å². The molecular weight excluding hydrogens is 302 g/mol. The number of carbonyl (C=O) groups is 2. The predicted octanol–water partition coefficient (Wildman–Crippen LogP) is 1.95. The first-order valence-corrected chi connectivity index (χ1v) is 6.99. The Kier molecular flexibility index (Phi) is 7.20. The first kappa shape index (κ1) is 18.1. The molecule has 1 aromatic rings. The molecular formula is C15H17N3O5. The molecule has 0 aromatic heterocycles. The molecule has 0 aliphatic carbocycles. The lowest BCUT2D eigenvalue weighted by Crippen LogP contribution is -2.41. The molecule has 0 bridgehead atoms. The number of nitrogens with one attached hydrogen (secondary N) is 1. The number of unbranched alkanes of at least 4 members (excludes halogenated alkanes) is 2. The van der Waals surface area contributed by atoms with E-state index in [4.69, 9.17) is 5.26 Å². The first-order valence-electron chi connectivity index (χ1n) is 6.99. The Bertz CT molecular complexity index is 624. The first-order chi connectivity index (χ1) is 11.0. The second kappa shape index (κ2) is 9.15. The Labute approximate surface area is 133 Å². The number of carbonyl (C=O) groups excluding carboxylic acids is 2. The molecule has 0 heterocycles. The standard InChI is InChI=1S/C15H17N3O5/c1-23-15(20)13(8-3-2-4-9-16)17-14(19)11-6-5-7-12(10-11)18(21)22/h5-7,10,13H,2-4,8H2,1H3,(H,17,19)/t13-/m1/s1. The third-order valence-electron chi connectivity index (χ3n) is 3.14. The number of amides is 1. The largest absolute Gasteiger partial charge is 0.467 e. The Morgan fingerprint density at radius 2 is 2.17 bits per heavy atom. The number of hydrogen-bond donors (Lipinski definition) is 1. The summed E-state index contributed by atoms with van der Waals surface area (Å²) in [5.41, 5.74) is -0.119. The molecule has 0 fully saturated rings. The summed E-state index contributed by atoms with van der Waals surface area (Å²) in [6.07, 6.45) is 1.88. The molecule has 0 radical (unpaired) electrons. The van der Waals surface area contributed by atoms with Gasteiger partial charge >= 0.3 is 5.97 Å². The Balaban J connectivity index is 2.76. The van der Waals surface area contributed by atoms with Crippen LogP contribution in [-0.2, 0) is 9.53 Å². The SMILES string of the molecule is COC(=O)[C@@H](CCCCC#N)NC(=O)c1cccc([N+](=O)[O-])c1. The van der Waals surface area contributed by atoms with Crippen molar-refractivity contribution in [3.05, 3.63) is 39.9 Å². The lowest BCUT2D eigenvalue weighted by Gasteiger charge is -2.16. The van der Waals surface area contributed by atoms with Crippen molar-refractivity contribution in [2.24, 2.45) is 0 Å². The zero-order valence-electron chi connectivity index (χ0n) is 12.7. The number of ether oxygens (including phenoxy) is 1. The highest BCUT2D eigenvalue weighted by atomic mass is 16.6. The summed E-state index contributed by atoms with van der Waals surface area (Å²) in [6.45, 7) is 0. The van der Waals surface area contributed by atoms with Crippen molar-refractivity contribution in [3.8, 4) is 6.07 Å². The minimum Gasteiger partial charge on any atom is -0.467 e. The van der Waals surface area contributed by atoms with Gasteiger partial charge in [-0.25, -0.2) is 4.79 Å². The van der Waals surface area contributed by atoms with E-state index in [2.05, 4.69) is 10.1 Å². The highest BCUT2D eigenvalue weighted by Gasteiger charge is 2.22. The van der Waals surface area contributed by atoms with Crippen LogP contribution in [0.5, 0.6) is 0 Å². The average molecular weight is 319 g/mol. The molecule has 8 heteroatoms. The average Bonchev–Trinajstić information content (AvgIpc) is 2.56. The van der Waals surface area contributed by atoms with Gasteiger partial charge in [-0.3, -0.25) is 14.9 Å². The maximum Gasteiger partial charge on any atom is 0.328 e. The number of nitro benzene ring substituents is 1. The van der Waals surface area contributed by atoms with Crippen LogP contribution in [0.2, 0.25) is 0 Å². The van der Waals surface area contributed by atoms with E-state index >= 15 is 0 Å². The number of esters is 1. The summed E-state index contributed by atoms with van der Waals surface area (Å²) in [5.74, 6) is -1.19. The van der Waals surface area contributed by atoms with E-state index in [1.54, 1.807) is 0 Å². The zero-order valence-corrected chi connectivity index (χ0v) is 12.7. The summed E-state index contributed by atoms with van der Waals surface area (Å²) in [4.78, 5) is 34.0. The van der Waals surface area contributed by atoms with Crippen LogP contribution in [0, 0.1) is 21.4 Å². The van der Waals surface area contributed by atoms with Gasteiger partial charge in [-0.1, -0.05) is 6.07 Å². The molecule has 1 amide bonds. The van der Waals surface area contributed by atoms with Crippen LogP contribution in [0.15, 0.2) is 24.3 Å². The molecule has 1 atom stereocenters. The van der Waals surface area contributed by atoms with Crippen molar-refractivity contribution in [3.63, 3.8) is 0 Å². The molecule has 0 aliphatic rings. The molecule has 1 aromatic carbocycles.